The Morgan fingerprint density at radius 2 is 2.11 bits per heavy atom. The molecule has 4 heteroatoms. The number of halogens is 1. The van der Waals surface area contributed by atoms with Crippen LogP contribution in [0.5, 0.6) is 0 Å². The van der Waals surface area contributed by atoms with Gasteiger partial charge in [-0.15, -0.1) is 0 Å². The lowest BCUT2D eigenvalue weighted by molar-refractivity contribution is 0.0901. The van der Waals surface area contributed by atoms with Crippen LogP contribution in [-0.4, -0.2) is 42.8 Å². The smallest absolute Gasteiger partial charge is 0.169 e. The third-order valence-corrected chi connectivity index (χ3v) is 3.44. The van der Waals surface area contributed by atoms with Gasteiger partial charge >= 0.3 is 0 Å². The molecule has 0 aliphatic carbocycles. The number of carbonyl (C=O) groups is 1. The minimum atomic E-state index is -0.430. The number of hydrogen-bond donors (Lipinski definition) is 0. The van der Waals surface area contributed by atoms with Crippen LogP contribution in [0.4, 0.5) is 4.39 Å². The van der Waals surface area contributed by atoms with Gasteiger partial charge in [-0.3, -0.25) is 4.79 Å². The van der Waals surface area contributed by atoms with E-state index < -0.39 is 5.82 Å². The fourth-order valence-electron chi connectivity index (χ4n) is 1.82. The van der Waals surface area contributed by atoms with Gasteiger partial charge < -0.3 is 4.90 Å². The van der Waals surface area contributed by atoms with E-state index in [0.717, 1.165) is 12.3 Å². The van der Waals surface area contributed by atoms with E-state index in [1.165, 1.54) is 6.07 Å². The predicted molar refractivity (Wildman–Crippen MR) is 75.8 cm³/mol. The lowest BCUT2D eigenvalue weighted by Gasteiger charge is -2.20. The van der Waals surface area contributed by atoms with Crippen LogP contribution in [0, 0.1) is 11.7 Å². The average Bonchev–Trinajstić information content (AvgIpc) is 2.36. The molecule has 0 aliphatic rings. The highest BCUT2D eigenvalue weighted by atomic mass is 32.2. The van der Waals surface area contributed by atoms with E-state index in [4.69, 9.17) is 0 Å². The fourth-order valence-corrected chi connectivity index (χ4v) is 2.31. The Kier molecular flexibility index (Phi) is 6.36. The molecule has 1 aromatic carbocycles. The number of benzene rings is 1. The second-order valence-electron chi connectivity index (χ2n) is 4.50. The van der Waals surface area contributed by atoms with Gasteiger partial charge in [0.05, 0.1) is 5.56 Å². The summed E-state index contributed by atoms with van der Waals surface area (Å²) in [5.41, 5.74) is 0.197. The summed E-state index contributed by atoms with van der Waals surface area (Å²) in [5.74, 6) is 0.302. The van der Waals surface area contributed by atoms with Gasteiger partial charge in [0.15, 0.2) is 5.78 Å². The first-order valence-corrected chi connectivity index (χ1v) is 7.42. The Balaban J connectivity index is 2.59. The van der Waals surface area contributed by atoms with E-state index in [9.17, 15) is 9.18 Å². The van der Waals surface area contributed by atoms with Crippen molar-refractivity contribution in [2.45, 2.75) is 6.92 Å². The second kappa shape index (κ2) is 7.54. The van der Waals surface area contributed by atoms with Crippen molar-refractivity contribution >= 4 is 17.5 Å². The van der Waals surface area contributed by atoms with Crippen LogP contribution in [0.15, 0.2) is 24.3 Å². The molecule has 0 heterocycles. The van der Waals surface area contributed by atoms with Gasteiger partial charge in [-0.25, -0.2) is 4.39 Å². The van der Waals surface area contributed by atoms with Crippen molar-refractivity contribution in [3.8, 4) is 0 Å². The molecule has 0 aliphatic heterocycles. The maximum atomic E-state index is 13.5. The molecular weight excluding hydrogens is 249 g/mol. The minimum Gasteiger partial charge on any atom is -0.305 e. The van der Waals surface area contributed by atoms with Crippen LogP contribution >= 0.6 is 11.8 Å². The molecule has 0 N–H and O–H groups in total. The van der Waals surface area contributed by atoms with Crippen LogP contribution < -0.4 is 0 Å². The summed E-state index contributed by atoms with van der Waals surface area (Å²) >= 11 is 1.78. The molecule has 0 amide bonds. The van der Waals surface area contributed by atoms with Gasteiger partial charge in [-0.05, 0) is 25.4 Å². The minimum absolute atomic E-state index is 0.121. The van der Waals surface area contributed by atoms with Crippen LogP contribution in [0.1, 0.15) is 17.3 Å². The third kappa shape index (κ3) is 4.42. The van der Waals surface area contributed by atoms with Crippen molar-refractivity contribution in [1.82, 2.24) is 4.90 Å². The summed E-state index contributed by atoms with van der Waals surface area (Å²) < 4.78 is 13.5. The van der Waals surface area contributed by atoms with E-state index in [2.05, 4.69) is 11.2 Å². The molecule has 100 valence electrons. The molecule has 2 nitrogen and oxygen atoms in total. The number of hydrogen-bond acceptors (Lipinski definition) is 3. The first-order valence-electron chi connectivity index (χ1n) is 6.02. The number of rotatable bonds is 7. The van der Waals surface area contributed by atoms with E-state index in [1.807, 2.05) is 14.0 Å². The van der Waals surface area contributed by atoms with Gasteiger partial charge in [0, 0.05) is 24.8 Å². The highest BCUT2D eigenvalue weighted by Gasteiger charge is 2.19. The van der Waals surface area contributed by atoms with Crippen molar-refractivity contribution in [2.24, 2.45) is 5.92 Å². The summed E-state index contributed by atoms with van der Waals surface area (Å²) in [4.78, 5) is 14.2. The molecule has 0 saturated heterocycles. The third-order valence-electron chi connectivity index (χ3n) is 2.85. The molecule has 1 unspecified atom stereocenters. The highest BCUT2D eigenvalue weighted by molar-refractivity contribution is 7.98. The lowest BCUT2D eigenvalue weighted by atomic mass is 9.98. The average molecular weight is 269 g/mol. The van der Waals surface area contributed by atoms with Crippen molar-refractivity contribution in [3.63, 3.8) is 0 Å². The summed E-state index contributed by atoms with van der Waals surface area (Å²) in [6.45, 7) is 3.45. The summed E-state index contributed by atoms with van der Waals surface area (Å²) in [6.07, 6.45) is 2.06. The molecule has 1 atom stereocenters. The Labute approximate surface area is 113 Å². The molecule has 0 spiro atoms. The SMILES string of the molecule is CSCCN(C)CC(C)C(=O)c1ccccc1F. The molecule has 0 fully saturated rings. The first-order chi connectivity index (χ1) is 8.56. The van der Waals surface area contributed by atoms with Gasteiger partial charge in [-0.1, -0.05) is 19.1 Å². The number of thioether (sulfide) groups is 1. The van der Waals surface area contributed by atoms with Gasteiger partial charge in [-0.2, -0.15) is 11.8 Å². The number of Topliss-reactive ketones (excluding diaryl/α,β-unsaturated/α-hetero) is 1. The Hall–Kier alpha value is -0.870. The first kappa shape index (κ1) is 15.2. The number of nitrogens with zero attached hydrogens (tertiary/aromatic N) is 1. The quantitative estimate of drug-likeness (QED) is 0.710. The van der Waals surface area contributed by atoms with Crippen molar-refractivity contribution in [2.75, 3.05) is 32.1 Å². The Bertz CT molecular complexity index is 397. The van der Waals surface area contributed by atoms with E-state index in [1.54, 1.807) is 30.0 Å². The Morgan fingerprint density at radius 3 is 2.72 bits per heavy atom. The number of ketones is 1. The maximum Gasteiger partial charge on any atom is 0.169 e. The van der Waals surface area contributed by atoms with E-state index in [0.29, 0.717) is 6.54 Å². The molecule has 1 aromatic rings. The van der Waals surface area contributed by atoms with Crippen molar-refractivity contribution in [3.05, 3.63) is 35.6 Å². The Morgan fingerprint density at radius 1 is 1.44 bits per heavy atom. The van der Waals surface area contributed by atoms with Crippen molar-refractivity contribution < 1.29 is 9.18 Å². The lowest BCUT2D eigenvalue weighted by Crippen LogP contribution is -2.30. The molecule has 1 rings (SSSR count). The molecule has 0 saturated carbocycles. The standard InChI is InChI=1S/C14H20FNOS/c1-11(10-16(2)8-9-18-3)14(17)12-6-4-5-7-13(12)15/h4-7,11H,8-10H2,1-3H3. The largest absolute Gasteiger partial charge is 0.305 e. The van der Waals surface area contributed by atoms with Crippen LogP contribution in [0.2, 0.25) is 0 Å². The summed E-state index contributed by atoms with van der Waals surface area (Å²) in [6, 6.07) is 6.18. The van der Waals surface area contributed by atoms with Crippen LogP contribution in [0.25, 0.3) is 0 Å². The molecule has 0 aromatic heterocycles. The van der Waals surface area contributed by atoms with Crippen LogP contribution in [0.3, 0.4) is 0 Å². The maximum absolute atomic E-state index is 13.5. The zero-order valence-corrected chi connectivity index (χ0v) is 12.0. The zero-order chi connectivity index (χ0) is 13.5. The van der Waals surface area contributed by atoms with Gasteiger partial charge in [0.25, 0.3) is 0 Å². The molecule has 18 heavy (non-hydrogen) atoms. The molecular formula is C14H20FNOS. The number of carbonyl (C=O) groups excluding carboxylic acids is 1. The highest BCUT2D eigenvalue weighted by Crippen LogP contribution is 2.13. The predicted octanol–water partition coefficient (Wildman–Crippen LogP) is 2.94. The zero-order valence-electron chi connectivity index (χ0n) is 11.1. The van der Waals surface area contributed by atoms with Crippen molar-refractivity contribution in [1.29, 1.82) is 0 Å². The molecule has 0 radical (unpaired) electrons. The van der Waals surface area contributed by atoms with E-state index >= 15 is 0 Å². The summed E-state index contributed by atoms with van der Waals surface area (Å²) in [7, 11) is 1.99. The van der Waals surface area contributed by atoms with Crippen LogP contribution in [-0.2, 0) is 0 Å². The normalized spacial score (nSPS) is 12.7. The topological polar surface area (TPSA) is 20.3 Å². The van der Waals surface area contributed by atoms with E-state index in [-0.39, 0.29) is 17.3 Å². The van der Waals surface area contributed by atoms with Gasteiger partial charge in [0.2, 0.25) is 0 Å². The summed E-state index contributed by atoms with van der Waals surface area (Å²) in [5, 5.41) is 0. The van der Waals surface area contributed by atoms with Gasteiger partial charge in [0.1, 0.15) is 5.82 Å². The fraction of sp³-hybridized carbons (Fsp3) is 0.500. The monoisotopic (exact) mass is 269 g/mol. The second-order valence-corrected chi connectivity index (χ2v) is 5.49. The molecule has 0 bridgehead atoms.